The van der Waals surface area contributed by atoms with Crippen molar-refractivity contribution in [1.29, 1.82) is 0 Å². The molecule has 1 aliphatic heterocycles. The number of benzene rings is 2. The molecule has 1 heterocycles. The van der Waals surface area contributed by atoms with Crippen LogP contribution >= 0.6 is 23.5 Å². The van der Waals surface area contributed by atoms with Gasteiger partial charge in [0.2, 0.25) is 0 Å². The Morgan fingerprint density at radius 3 is 2.40 bits per heavy atom. The monoisotopic (exact) mass is 370 g/mol. The number of rotatable bonds is 7. The second-order valence-corrected chi connectivity index (χ2v) is 8.52. The van der Waals surface area contributed by atoms with Crippen LogP contribution in [0.15, 0.2) is 64.9 Å². The van der Waals surface area contributed by atoms with Gasteiger partial charge in [0.05, 0.1) is 7.11 Å². The molecule has 1 aliphatic rings. The molecule has 2 aromatic carbocycles. The second kappa shape index (κ2) is 9.16. The van der Waals surface area contributed by atoms with E-state index in [1.54, 1.807) is 30.6 Å². The molecule has 3 rings (SSSR count). The Morgan fingerprint density at radius 2 is 1.76 bits per heavy atom. The predicted molar refractivity (Wildman–Crippen MR) is 109 cm³/mol. The van der Waals surface area contributed by atoms with Crippen LogP contribution in [0.4, 0.5) is 0 Å². The number of hydrogen-bond acceptors (Lipinski definition) is 4. The van der Waals surface area contributed by atoms with Gasteiger partial charge in [0.25, 0.3) is 0 Å². The first kappa shape index (κ1) is 18.2. The van der Waals surface area contributed by atoms with Crippen LogP contribution in [0.25, 0.3) is 0 Å². The first-order valence-electron chi connectivity index (χ1n) is 8.42. The lowest BCUT2D eigenvalue weighted by Gasteiger charge is -2.17. The molecule has 0 spiro atoms. The third-order valence-corrected chi connectivity index (χ3v) is 6.80. The van der Waals surface area contributed by atoms with E-state index < -0.39 is 0 Å². The fourth-order valence-corrected chi connectivity index (χ4v) is 5.26. The Hall–Kier alpha value is -1.65. The lowest BCUT2D eigenvalue weighted by molar-refractivity contribution is -0.115. The summed E-state index contributed by atoms with van der Waals surface area (Å²) in [6.07, 6.45) is 3.23. The van der Waals surface area contributed by atoms with Crippen molar-refractivity contribution in [2.24, 2.45) is 0 Å². The summed E-state index contributed by atoms with van der Waals surface area (Å²) in [4.78, 5) is 12.6. The highest BCUT2D eigenvalue weighted by Gasteiger charge is 2.18. The minimum atomic E-state index is 0.175. The van der Waals surface area contributed by atoms with Crippen molar-refractivity contribution in [3.8, 4) is 5.75 Å². The van der Waals surface area contributed by atoms with Crippen LogP contribution in [0, 0.1) is 0 Å². The normalized spacial score (nSPS) is 15.0. The quantitative estimate of drug-likeness (QED) is 0.618. The average molecular weight is 371 g/mol. The molecule has 0 bridgehead atoms. The van der Waals surface area contributed by atoms with Crippen LogP contribution in [-0.4, -0.2) is 24.4 Å². The maximum Gasteiger partial charge on any atom is 0.157 e. The molecule has 0 saturated carbocycles. The van der Waals surface area contributed by atoms with Gasteiger partial charge in [0.15, 0.2) is 5.78 Å². The molecule has 1 atom stereocenters. The van der Waals surface area contributed by atoms with Crippen LogP contribution < -0.4 is 4.74 Å². The van der Waals surface area contributed by atoms with Gasteiger partial charge in [-0.15, -0.1) is 23.5 Å². The summed E-state index contributed by atoms with van der Waals surface area (Å²) in [5.74, 6) is 3.45. The molecular formula is C21H22O2S2. The topological polar surface area (TPSA) is 26.3 Å². The van der Waals surface area contributed by atoms with Gasteiger partial charge < -0.3 is 4.74 Å². The molecule has 0 amide bonds. The summed E-state index contributed by atoms with van der Waals surface area (Å²) in [7, 11) is 1.67. The van der Waals surface area contributed by atoms with Crippen molar-refractivity contribution in [3.05, 3.63) is 76.0 Å². The molecule has 2 aromatic rings. The summed E-state index contributed by atoms with van der Waals surface area (Å²) < 4.78 is 6.42. The zero-order chi connectivity index (χ0) is 17.5. The number of carbonyl (C=O) groups excluding carboxylic acids is 1. The standard InChI is InChI=1S/C21H22O2S2/c1-23-20-9-7-17(8-10-20)18(13-16-5-3-2-4-6-16)14-19(22)15-21-24-11-12-25-21/h2-10,15,18H,11-14H2,1H3. The summed E-state index contributed by atoms with van der Waals surface area (Å²) in [6.45, 7) is 0. The summed E-state index contributed by atoms with van der Waals surface area (Å²) >= 11 is 3.58. The third-order valence-electron chi connectivity index (χ3n) is 4.21. The molecule has 1 unspecified atom stereocenters. The minimum absolute atomic E-state index is 0.175. The zero-order valence-electron chi connectivity index (χ0n) is 14.3. The van der Waals surface area contributed by atoms with Crippen LogP contribution in [0.3, 0.4) is 0 Å². The largest absolute Gasteiger partial charge is 0.497 e. The minimum Gasteiger partial charge on any atom is -0.497 e. The van der Waals surface area contributed by atoms with Crippen molar-refractivity contribution in [3.63, 3.8) is 0 Å². The van der Waals surface area contributed by atoms with Gasteiger partial charge in [-0.2, -0.15) is 0 Å². The van der Waals surface area contributed by atoms with E-state index in [9.17, 15) is 4.79 Å². The fourth-order valence-electron chi connectivity index (χ4n) is 2.93. The van der Waals surface area contributed by atoms with Gasteiger partial charge in [-0.05, 0) is 35.6 Å². The van der Waals surface area contributed by atoms with E-state index in [-0.39, 0.29) is 11.7 Å². The summed E-state index contributed by atoms with van der Waals surface area (Å²) in [5.41, 5.74) is 2.44. The molecule has 25 heavy (non-hydrogen) atoms. The van der Waals surface area contributed by atoms with E-state index in [2.05, 4.69) is 36.4 Å². The molecular weight excluding hydrogens is 348 g/mol. The molecule has 0 aromatic heterocycles. The second-order valence-electron chi connectivity index (χ2n) is 5.99. The van der Waals surface area contributed by atoms with Gasteiger partial charge in [-0.25, -0.2) is 0 Å². The van der Waals surface area contributed by atoms with E-state index in [0.717, 1.165) is 27.9 Å². The van der Waals surface area contributed by atoms with E-state index in [1.807, 2.05) is 24.3 Å². The Kier molecular flexibility index (Phi) is 6.65. The number of thioether (sulfide) groups is 2. The molecule has 130 valence electrons. The van der Waals surface area contributed by atoms with E-state index in [0.29, 0.717) is 6.42 Å². The molecule has 1 saturated heterocycles. The van der Waals surface area contributed by atoms with E-state index >= 15 is 0 Å². The maximum absolute atomic E-state index is 12.6. The van der Waals surface area contributed by atoms with Gasteiger partial charge >= 0.3 is 0 Å². The van der Waals surface area contributed by atoms with Gasteiger partial charge in [0.1, 0.15) is 5.75 Å². The summed E-state index contributed by atoms with van der Waals surface area (Å²) in [6, 6.07) is 18.5. The molecule has 4 heteroatoms. The van der Waals surface area contributed by atoms with Crippen LogP contribution in [0.5, 0.6) is 5.75 Å². The van der Waals surface area contributed by atoms with E-state index in [4.69, 9.17) is 4.74 Å². The van der Waals surface area contributed by atoms with Crippen molar-refractivity contribution in [2.45, 2.75) is 18.8 Å². The molecule has 1 fully saturated rings. The lowest BCUT2D eigenvalue weighted by Crippen LogP contribution is -2.09. The fraction of sp³-hybridized carbons (Fsp3) is 0.286. The Labute approximate surface area is 158 Å². The van der Waals surface area contributed by atoms with Crippen molar-refractivity contribution in [1.82, 2.24) is 0 Å². The maximum atomic E-state index is 12.6. The van der Waals surface area contributed by atoms with Gasteiger partial charge in [-0.1, -0.05) is 42.5 Å². The Bertz CT molecular complexity index is 715. The SMILES string of the molecule is COc1ccc(C(CC(=O)C=C2SCCS2)Cc2ccccc2)cc1. The number of carbonyl (C=O) groups is 1. The van der Waals surface area contributed by atoms with Crippen LogP contribution in [0.1, 0.15) is 23.5 Å². The number of methoxy groups -OCH3 is 1. The first-order chi connectivity index (χ1) is 12.2. The highest BCUT2D eigenvalue weighted by Crippen LogP contribution is 2.36. The smallest absolute Gasteiger partial charge is 0.157 e. The van der Waals surface area contributed by atoms with Gasteiger partial charge in [-0.3, -0.25) is 4.79 Å². The summed E-state index contributed by atoms with van der Waals surface area (Å²) in [5, 5.41) is 0. The number of ketones is 1. The van der Waals surface area contributed by atoms with E-state index in [1.165, 1.54) is 11.1 Å². The number of hydrogen-bond donors (Lipinski definition) is 0. The van der Waals surface area contributed by atoms with Crippen molar-refractivity contribution >= 4 is 29.3 Å². The highest BCUT2D eigenvalue weighted by molar-refractivity contribution is 8.25. The highest BCUT2D eigenvalue weighted by atomic mass is 32.2. The average Bonchev–Trinajstić information content (AvgIpc) is 3.15. The molecule has 0 N–H and O–H groups in total. The van der Waals surface area contributed by atoms with Crippen LogP contribution in [0.2, 0.25) is 0 Å². The van der Waals surface area contributed by atoms with Crippen molar-refractivity contribution < 1.29 is 9.53 Å². The Balaban J connectivity index is 1.77. The zero-order valence-corrected chi connectivity index (χ0v) is 15.9. The van der Waals surface area contributed by atoms with Crippen LogP contribution in [-0.2, 0) is 11.2 Å². The molecule has 0 radical (unpaired) electrons. The third kappa shape index (κ3) is 5.41. The number of allylic oxidation sites excluding steroid dienone is 1. The number of ether oxygens (including phenoxy) is 1. The predicted octanol–water partition coefficient (Wildman–Crippen LogP) is 5.30. The molecule has 2 nitrogen and oxygen atoms in total. The first-order valence-corrected chi connectivity index (χ1v) is 10.4. The Morgan fingerprint density at radius 1 is 1.08 bits per heavy atom. The lowest BCUT2D eigenvalue weighted by atomic mass is 9.88. The molecule has 0 aliphatic carbocycles. The van der Waals surface area contributed by atoms with Crippen molar-refractivity contribution in [2.75, 3.05) is 18.6 Å². The van der Waals surface area contributed by atoms with Gasteiger partial charge in [0, 0.05) is 28.2 Å².